The molecule has 0 heterocycles. The van der Waals surface area contributed by atoms with Gasteiger partial charge in [-0.25, -0.2) is 0 Å². The zero-order chi connectivity index (χ0) is 17.0. The van der Waals surface area contributed by atoms with Gasteiger partial charge in [-0.15, -0.1) is 0 Å². The molecule has 8 heteroatoms. The number of ether oxygens (including phenoxy) is 1. The van der Waals surface area contributed by atoms with Gasteiger partial charge < -0.3 is 10.1 Å². The Kier molecular flexibility index (Phi) is 5.37. The second-order valence-corrected chi connectivity index (χ2v) is 5.13. The number of halogens is 4. The third-order valence-electron chi connectivity index (χ3n) is 2.73. The molecule has 0 spiro atoms. The Bertz CT molecular complexity index is 774. The smallest absolute Gasteiger partial charge is 0.387 e. The van der Waals surface area contributed by atoms with Crippen molar-refractivity contribution in [2.45, 2.75) is 6.61 Å². The van der Waals surface area contributed by atoms with Crippen molar-refractivity contribution in [1.82, 2.24) is 0 Å². The fraction of sp³-hybridized carbons (Fsp3) is 0.0667. The molecule has 0 saturated carbocycles. The minimum atomic E-state index is -3.14. The van der Waals surface area contributed by atoms with Crippen LogP contribution in [-0.4, -0.2) is 12.5 Å². The van der Waals surface area contributed by atoms with Crippen LogP contribution in [0.5, 0.6) is 5.75 Å². The molecular weight excluding hydrogens is 349 g/mol. The second-order valence-electron chi connectivity index (χ2n) is 4.29. The third-order valence-corrected chi connectivity index (χ3v) is 3.23. The van der Waals surface area contributed by atoms with E-state index in [2.05, 4.69) is 10.1 Å². The summed E-state index contributed by atoms with van der Waals surface area (Å²) in [4.78, 5) is 12.3. The van der Waals surface area contributed by atoms with Gasteiger partial charge in [-0.1, -0.05) is 23.2 Å². The minimum Gasteiger partial charge on any atom is -0.432 e. The lowest BCUT2D eigenvalue weighted by Gasteiger charge is -2.13. The van der Waals surface area contributed by atoms with Gasteiger partial charge in [0.15, 0.2) is 5.75 Å². The van der Waals surface area contributed by atoms with E-state index in [-0.39, 0.29) is 15.6 Å². The summed E-state index contributed by atoms with van der Waals surface area (Å²) in [6.45, 7) is -3.14. The highest BCUT2D eigenvalue weighted by Crippen LogP contribution is 2.34. The Morgan fingerprint density at radius 2 is 1.87 bits per heavy atom. The van der Waals surface area contributed by atoms with Crippen LogP contribution in [0.3, 0.4) is 0 Å². The highest BCUT2D eigenvalue weighted by Gasteiger charge is 2.20. The monoisotopic (exact) mass is 356 g/mol. The Morgan fingerprint density at radius 1 is 1.22 bits per heavy atom. The van der Waals surface area contributed by atoms with E-state index < -0.39 is 18.3 Å². The summed E-state index contributed by atoms with van der Waals surface area (Å²) in [5.41, 5.74) is 0.552. The van der Waals surface area contributed by atoms with Crippen molar-refractivity contribution in [3.8, 4) is 11.8 Å². The molecule has 0 aliphatic carbocycles. The number of anilines is 1. The summed E-state index contributed by atoms with van der Waals surface area (Å²) < 4.78 is 29.3. The number of benzene rings is 2. The van der Waals surface area contributed by atoms with Gasteiger partial charge in [-0.3, -0.25) is 4.79 Å². The van der Waals surface area contributed by atoms with Crippen molar-refractivity contribution in [2.24, 2.45) is 0 Å². The molecule has 0 aromatic heterocycles. The molecule has 1 N–H and O–H groups in total. The Morgan fingerprint density at radius 3 is 2.43 bits per heavy atom. The molecule has 4 nitrogen and oxygen atoms in total. The lowest BCUT2D eigenvalue weighted by molar-refractivity contribution is -0.0500. The first kappa shape index (κ1) is 17.0. The zero-order valence-electron chi connectivity index (χ0n) is 11.3. The fourth-order valence-corrected chi connectivity index (χ4v) is 2.30. The lowest BCUT2D eigenvalue weighted by atomic mass is 10.1. The predicted molar refractivity (Wildman–Crippen MR) is 82.2 cm³/mol. The number of hydrogen-bond donors (Lipinski definition) is 1. The molecule has 0 bridgehead atoms. The first-order valence-electron chi connectivity index (χ1n) is 6.16. The number of nitriles is 1. The average Bonchev–Trinajstić information content (AvgIpc) is 2.50. The van der Waals surface area contributed by atoms with E-state index in [1.165, 1.54) is 36.4 Å². The van der Waals surface area contributed by atoms with Gasteiger partial charge in [0, 0.05) is 10.7 Å². The first-order chi connectivity index (χ1) is 10.9. The number of rotatable bonds is 4. The van der Waals surface area contributed by atoms with Crippen LogP contribution in [0.2, 0.25) is 10.0 Å². The molecule has 0 radical (unpaired) electrons. The first-order valence-corrected chi connectivity index (χ1v) is 6.91. The van der Waals surface area contributed by atoms with Gasteiger partial charge in [0.25, 0.3) is 5.91 Å². The van der Waals surface area contributed by atoms with E-state index in [0.717, 1.165) is 0 Å². The van der Waals surface area contributed by atoms with Gasteiger partial charge in [0.1, 0.15) is 0 Å². The molecule has 0 fully saturated rings. The standard InChI is InChI=1S/C15H8Cl2F2N2O2/c16-9-5-11(13(12(17)6-9)23-15(18)19)14(22)21-10-3-1-8(7-20)2-4-10/h1-6,15H,(H,21,22). The summed E-state index contributed by atoms with van der Waals surface area (Å²) in [6.07, 6.45) is 0. The zero-order valence-corrected chi connectivity index (χ0v) is 12.8. The highest BCUT2D eigenvalue weighted by molar-refractivity contribution is 6.36. The fourth-order valence-electron chi connectivity index (χ4n) is 1.76. The van der Waals surface area contributed by atoms with E-state index in [9.17, 15) is 13.6 Å². The van der Waals surface area contributed by atoms with Crippen molar-refractivity contribution in [2.75, 3.05) is 5.32 Å². The summed E-state index contributed by atoms with van der Waals surface area (Å²) in [5, 5.41) is 11.1. The normalized spacial score (nSPS) is 10.3. The third kappa shape index (κ3) is 4.31. The summed E-state index contributed by atoms with van der Waals surface area (Å²) in [7, 11) is 0. The number of nitrogens with one attached hydrogen (secondary N) is 1. The number of carbonyl (C=O) groups excluding carboxylic acids is 1. The van der Waals surface area contributed by atoms with Crippen LogP contribution in [0.15, 0.2) is 36.4 Å². The molecule has 0 atom stereocenters. The summed E-state index contributed by atoms with van der Waals surface area (Å²) >= 11 is 11.6. The minimum absolute atomic E-state index is 0.0987. The van der Waals surface area contributed by atoms with Crippen molar-refractivity contribution in [1.29, 1.82) is 5.26 Å². The molecule has 2 aromatic carbocycles. The maximum atomic E-state index is 12.5. The quantitative estimate of drug-likeness (QED) is 0.861. The molecule has 0 unspecified atom stereocenters. The van der Waals surface area contributed by atoms with Gasteiger partial charge in [-0.2, -0.15) is 14.0 Å². The molecule has 23 heavy (non-hydrogen) atoms. The van der Waals surface area contributed by atoms with Gasteiger partial charge in [-0.05, 0) is 36.4 Å². The molecule has 2 aromatic rings. The van der Waals surface area contributed by atoms with Crippen LogP contribution >= 0.6 is 23.2 Å². The van der Waals surface area contributed by atoms with E-state index in [1.807, 2.05) is 6.07 Å². The van der Waals surface area contributed by atoms with Gasteiger partial charge in [0.05, 0.1) is 22.2 Å². The van der Waals surface area contributed by atoms with E-state index in [0.29, 0.717) is 11.3 Å². The summed E-state index contributed by atoms with van der Waals surface area (Å²) in [5.74, 6) is -1.19. The largest absolute Gasteiger partial charge is 0.432 e. The van der Waals surface area contributed by atoms with Crippen molar-refractivity contribution >= 4 is 34.8 Å². The van der Waals surface area contributed by atoms with Crippen LogP contribution in [0, 0.1) is 11.3 Å². The summed E-state index contributed by atoms with van der Waals surface area (Å²) in [6, 6.07) is 10.3. The van der Waals surface area contributed by atoms with Crippen LogP contribution in [0.25, 0.3) is 0 Å². The van der Waals surface area contributed by atoms with Crippen LogP contribution in [0.1, 0.15) is 15.9 Å². The number of amides is 1. The number of alkyl halides is 2. The number of nitrogens with zero attached hydrogens (tertiary/aromatic N) is 1. The van der Waals surface area contributed by atoms with E-state index >= 15 is 0 Å². The van der Waals surface area contributed by atoms with Crippen molar-refractivity contribution in [3.05, 3.63) is 57.6 Å². The Hall–Kier alpha value is -2.36. The van der Waals surface area contributed by atoms with E-state index in [1.54, 1.807) is 0 Å². The SMILES string of the molecule is N#Cc1ccc(NC(=O)c2cc(Cl)cc(Cl)c2OC(F)F)cc1. The molecule has 0 aliphatic heterocycles. The highest BCUT2D eigenvalue weighted by atomic mass is 35.5. The molecule has 118 valence electrons. The Labute approximate surface area is 140 Å². The van der Waals surface area contributed by atoms with E-state index in [4.69, 9.17) is 28.5 Å². The van der Waals surface area contributed by atoms with Crippen molar-refractivity contribution in [3.63, 3.8) is 0 Å². The number of hydrogen-bond acceptors (Lipinski definition) is 3. The van der Waals surface area contributed by atoms with Gasteiger partial charge in [0.2, 0.25) is 0 Å². The Balaban J connectivity index is 2.32. The van der Waals surface area contributed by atoms with Crippen LogP contribution in [-0.2, 0) is 0 Å². The molecule has 0 saturated heterocycles. The maximum Gasteiger partial charge on any atom is 0.387 e. The van der Waals surface area contributed by atoms with Crippen molar-refractivity contribution < 1.29 is 18.3 Å². The molecule has 1 amide bonds. The molecule has 2 rings (SSSR count). The van der Waals surface area contributed by atoms with Crippen LogP contribution in [0.4, 0.5) is 14.5 Å². The second kappa shape index (κ2) is 7.27. The predicted octanol–water partition coefficient (Wildman–Crippen LogP) is 4.72. The maximum absolute atomic E-state index is 12.5. The van der Waals surface area contributed by atoms with Gasteiger partial charge >= 0.3 is 6.61 Å². The molecular formula is C15H8Cl2F2N2O2. The van der Waals surface area contributed by atoms with Crippen LogP contribution < -0.4 is 10.1 Å². The number of carbonyl (C=O) groups is 1. The lowest BCUT2D eigenvalue weighted by Crippen LogP contribution is -2.15. The molecule has 0 aliphatic rings. The topological polar surface area (TPSA) is 62.1 Å². The average molecular weight is 357 g/mol.